The van der Waals surface area contributed by atoms with Gasteiger partial charge >= 0.3 is 5.97 Å². The number of carboxylic acid groups (broad SMARTS) is 1. The molecular weight excluding hydrogens is 540 g/mol. The van der Waals surface area contributed by atoms with Crippen LogP contribution in [0.1, 0.15) is 24.0 Å². The number of sulfonamides is 1. The number of carboxylic acids is 1. The van der Waals surface area contributed by atoms with Gasteiger partial charge in [0.1, 0.15) is 12.1 Å². The number of nitro benzene ring substituents is 1. The summed E-state index contributed by atoms with van der Waals surface area (Å²) in [5, 5.41) is 23.1. The van der Waals surface area contributed by atoms with Crippen molar-refractivity contribution in [1.29, 1.82) is 0 Å². The molecule has 0 bridgehead atoms. The minimum atomic E-state index is -4.02. The van der Waals surface area contributed by atoms with Gasteiger partial charge in [0.25, 0.3) is 15.7 Å². The van der Waals surface area contributed by atoms with Crippen LogP contribution in [-0.4, -0.2) is 53.2 Å². The summed E-state index contributed by atoms with van der Waals surface area (Å²) in [6.07, 6.45) is 0.406. The maximum atomic E-state index is 13.0. The number of hydrogen-bond acceptors (Lipinski definition) is 7. The summed E-state index contributed by atoms with van der Waals surface area (Å²) in [4.78, 5) is 48.8. The normalized spacial score (nSPS) is 15.8. The van der Waals surface area contributed by atoms with Gasteiger partial charge in [0.15, 0.2) is 0 Å². The Morgan fingerprint density at radius 1 is 1.00 bits per heavy atom. The van der Waals surface area contributed by atoms with E-state index >= 15 is 0 Å². The van der Waals surface area contributed by atoms with Crippen molar-refractivity contribution in [3.05, 3.63) is 100 Å². The number of hydrogen-bond donors (Lipinski definition) is 3. The molecule has 0 radical (unpaired) electrons. The summed E-state index contributed by atoms with van der Waals surface area (Å²) in [7, 11) is -4.02. The number of carbonyl (C=O) groups is 3. The topological polar surface area (TPSA) is 176 Å². The van der Waals surface area contributed by atoms with E-state index in [1.165, 1.54) is 29.2 Å². The van der Waals surface area contributed by atoms with Crippen LogP contribution in [0.4, 0.5) is 11.4 Å². The first-order valence-corrected chi connectivity index (χ1v) is 13.7. The van der Waals surface area contributed by atoms with Gasteiger partial charge in [-0.25, -0.2) is 13.2 Å². The largest absolute Gasteiger partial charge is 0.480 e. The van der Waals surface area contributed by atoms with Gasteiger partial charge in [-0.3, -0.25) is 24.4 Å². The molecule has 2 amide bonds. The third kappa shape index (κ3) is 6.80. The first-order valence-electron chi connectivity index (χ1n) is 12.3. The molecule has 1 saturated heterocycles. The predicted octanol–water partition coefficient (Wildman–Crippen LogP) is 2.70. The number of aliphatic carboxylic acids is 1. The van der Waals surface area contributed by atoms with Crippen molar-refractivity contribution in [3.63, 3.8) is 0 Å². The number of likely N-dealkylation sites (tertiary alicyclic amines) is 1. The van der Waals surface area contributed by atoms with Gasteiger partial charge < -0.3 is 15.3 Å². The standard InChI is InChI=1S/C27H26N4O8S/c32-25-15-14-24(30(25)17-19-4-2-1-3-5-19)26(33)28-23(27(34)35)16-18-6-8-20(9-7-18)29-40(38,39)22-12-10-21(11-13-22)31(36)37/h1-13,23-24,29H,14-17H2,(H,28,33)(H,34,35)/t23-,24-/m0/s1. The van der Waals surface area contributed by atoms with E-state index in [0.717, 1.165) is 29.8 Å². The summed E-state index contributed by atoms with van der Waals surface area (Å²) in [5.41, 5.74) is 1.33. The van der Waals surface area contributed by atoms with Crippen molar-refractivity contribution in [2.45, 2.75) is 42.8 Å². The van der Waals surface area contributed by atoms with Crippen molar-refractivity contribution in [3.8, 4) is 0 Å². The second kappa shape index (κ2) is 11.9. The fraction of sp³-hybridized carbons (Fsp3) is 0.222. The molecular formula is C27H26N4O8S. The lowest BCUT2D eigenvalue weighted by molar-refractivity contribution is -0.384. The first-order chi connectivity index (χ1) is 19.0. The molecule has 0 spiro atoms. The molecule has 0 saturated carbocycles. The van der Waals surface area contributed by atoms with Crippen LogP contribution in [0, 0.1) is 10.1 Å². The second-order valence-corrected chi connectivity index (χ2v) is 10.9. The van der Waals surface area contributed by atoms with Gasteiger partial charge in [-0.15, -0.1) is 0 Å². The van der Waals surface area contributed by atoms with Crippen molar-refractivity contribution in [2.75, 3.05) is 4.72 Å². The number of nitrogens with zero attached hydrogens (tertiary/aromatic N) is 2. The van der Waals surface area contributed by atoms with E-state index in [2.05, 4.69) is 10.0 Å². The molecule has 0 aliphatic carbocycles. The van der Waals surface area contributed by atoms with Gasteiger partial charge in [0.05, 0.1) is 9.82 Å². The number of anilines is 1. The molecule has 0 aromatic heterocycles. The maximum absolute atomic E-state index is 13.0. The lowest BCUT2D eigenvalue weighted by Crippen LogP contribution is -2.50. The van der Waals surface area contributed by atoms with E-state index in [1.54, 1.807) is 0 Å². The van der Waals surface area contributed by atoms with E-state index in [-0.39, 0.29) is 48.0 Å². The van der Waals surface area contributed by atoms with Gasteiger partial charge in [-0.05, 0) is 41.8 Å². The van der Waals surface area contributed by atoms with Crippen LogP contribution in [0.15, 0.2) is 83.8 Å². The van der Waals surface area contributed by atoms with E-state index in [9.17, 15) is 38.0 Å². The van der Waals surface area contributed by atoms with Crippen molar-refractivity contribution in [2.24, 2.45) is 0 Å². The fourth-order valence-electron chi connectivity index (χ4n) is 4.36. The zero-order valence-corrected chi connectivity index (χ0v) is 21.9. The number of amides is 2. The third-order valence-corrected chi connectivity index (χ3v) is 7.84. The summed E-state index contributed by atoms with van der Waals surface area (Å²) in [5.74, 6) is -1.99. The van der Waals surface area contributed by atoms with Crippen LogP contribution in [0.3, 0.4) is 0 Å². The Hall–Kier alpha value is -4.78. The highest BCUT2D eigenvalue weighted by Crippen LogP contribution is 2.23. The van der Waals surface area contributed by atoms with Gasteiger partial charge in [0.2, 0.25) is 11.8 Å². The lowest BCUT2D eigenvalue weighted by Gasteiger charge is -2.26. The van der Waals surface area contributed by atoms with Crippen LogP contribution in [0.5, 0.6) is 0 Å². The second-order valence-electron chi connectivity index (χ2n) is 9.22. The minimum Gasteiger partial charge on any atom is -0.480 e. The van der Waals surface area contributed by atoms with E-state index in [1.807, 2.05) is 30.3 Å². The Morgan fingerprint density at radius 2 is 1.65 bits per heavy atom. The van der Waals surface area contributed by atoms with Crippen LogP contribution in [-0.2, 0) is 37.4 Å². The predicted molar refractivity (Wildman–Crippen MR) is 144 cm³/mol. The van der Waals surface area contributed by atoms with E-state index in [0.29, 0.717) is 5.56 Å². The SMILES string of the molecule is O=C(O)[C@H](Cc1ccc(NS(=O)(=O)c2ccc([N+](=O)[O-])cc2)cc1)NC(=O)[C@@H]1CCC(=O)N1Cc1ccccc1. The molecule has 3 N–H and O–H groups in total. The molecule has 0 unspecified atom stereocenters. The number of nitrogens with one attached hydrogen (secondary N) is 2. The lowest BCUT2D eigenvalue weighted by atomic mass is 10.0. The van der Waals surface area contributed by atoms with Crippen LogP contribution in [0.2, 0.25) is 0 Å². The van der Waals surface area contributed by atoms with Crippen LogP contribution < -0.4 is 10.0 Å². The molecule has 12 nitrogen and oxygen atoms in total. The molecule has 1 fully saturated rings. The minimum absolute atomic E-state index is 0.0736. The van der Waals surface area contributed by atoms with E-state index < -0.39 is 38.9 Å². The summed E-state index contributed by atoms with van der Waals surface area (Å²) < 4.78 is 27.6. The molecule has 2 atom stereocenters. The molecule has 208 valence electrons. The Kier molecular flexibility index (Phi) is 8.43. The van der Waals surface area contributed by atoms with Gasteiger partial charge in [-0.1, -0.05) is 42.5 Å². The monoisotopic (exact) mass is 566 g/mol. The number of nitro groups is 1. The highest BCUT2D eigenvalue weighted by molar-refractivity contribution is 7.92. The summed E-state index contributed by atoms with van der Waals surface area (Å²) in [6, 6.07) is 17.5. The van der Waals surface area contributed by atoms with Crippen molar-refractivity contribution >= 4 is 39.2 Å². The van der Waals surface area contributed by atoms with Crippen LogP contribution >= 0.6 is 0 Å². The van der Waals surface area contributed by atoms with Crippen LogP contribution in [0.25, 0.3) is 0 Å². The number of non-ortho nitro benzene ring substituents is 1. The zero-order valence-electron chi connectivity index (χ0n) is 21.1. The Bertz CT molecular complexity index is 1510. The molecule has 1 heterocycles. The molecule has 1 aliphatic heterocycles. The fourth-order valence-corrected chi connectivity index (χ4v) is 5.42. The Balaban J connectivity index is 1.39. The molecule has 3 aromatic rings. The highest BCUT2D eigenvalue weighted by atomic mass is 32.2. The smallest absolute Gasteiger partial charge is 0.326 e. The molecule has 13 heteroatoms. The van der Waals surface area contributed by atoms with Gasteiger partial charge in [-0.2, -0.15) is 0 Å². The summed E-state index contributed by atoms with van der Waals surface area (Å²) >= 11 is 0. The summed E-state index contributed by atoms with van der Waals surface area (Å²) in [6.45, 7) is 0.243. The molecule has 3 aromatic carbocycles. The van der Waals surface area contributed by atoms with Gasteiger partial charge in [0, 0.05) is 37.2 Å². The Morgan fingerprint density at radius 3 is 2.25 bits per heavy atom. The maximum Gasteiger partial charge on any atom is 0.326 e. The first kappa shape index (κ1) is 28.2. The Labute approximate surface area is 229 Å². The highest BCUT2D eigenvalue weighted by Gasteiger charge is 2.37. The van der Waals surface area contributed by atoms with Crippen molar-refractivity contribution < 1.29 is 32.8 Å². The zero-order chi connectivity index (χ0) is 28.9. The van der Waals surface area contributed by atoms with Crippen molar-refractivity contribution in [1.82, 2.24) is 10.2 Å². The average molecular weight is 567 g/mol. The molecule has 1 aliphatic rings. The number of benzene rings is 3. The molecule has 40 heavy (non-hydrogen) atoms. The third-order valence-electron chi connectivity index (χ3n) is 6.45. The average Bonchev–Trinajstić information content (AvgIpc) is 3.29. The van der Waals surface area contributed by atoms with E-state index in [4.69, 9.17) is 0 Å². The molecule has 4 rings (SSSR count). The quantitative estimate of drug-likeness (QED) is 0.234. The number of rotatable bonds is 11. The number of carbonyl (C=O) groups excluding carboxylic acids is 2.